The minimum absolute atomic E-state index is 0.567. The van der Waals surface area contributed by atoms with Crippen LogP contribution in [0.15, 0.2) is 18.2 Å². The number of rotatable bonds is 6. The van der Waals surface area contributed by atoms with Crippen LogP contribution in [0.25, 0.3) is 0 Å². The number of thiocarbonyl (C=S) groups is 1. The first kappa shape index (κ1) is 15.5. The van der Waals surface area contributed by atoms with Crippen LogP contribution in [0.1, 0.15) is 32.6 Å². The molecule has 0 fully saturated rings. The Kier molecular flexibility index (Phi) is 7.40. The van der Waals surface area contributed by atoms with E-state index in [1.54, 1.807) is 12.1 Å². The second-order valence-electron chi connectivity index (χ2n) is 4.07. The molecule has 2 nitrogen and oxygen atoms in total. The summed E-state index contributed by atoms with van der Waals surface area (Å²) in [5, 5.41) is 7.99. The maximum Gasteiger partial charge on any atom is 0.170 e. The van der Waals surface area contributed by atoms with Gasteiger partial charge in [0.15, 0.2) is 5.11 Å². The van der Waals surface area contributed by atoms with Gasteiger partial charge >= 0.3 is 0 Å². The first-order valence-electron chi connectivity index (χ1n) is 6.13. The maximum absolute atomic E-state index is 6.04. The topological polar surface area (TPSA) is 24.1 Å². The van der Waals surface area contributed by atoms with Crippen molar-refractivity contribution in [3.05, 3.63) is 28.2 Å². The molecule has 0 unspecified atom stereocenters. The first-order chi connectivity index (χ1) is 8.63. The third-order valence-corrected chi connectivity index (χ3v) is 3.29. The van der Waals surface area contributed by atoms with Gasteiger partial charge in [0.05, 0.1) is 10.7 Å². The van der Waals surface area contributed by atoms with Gasteiger partial charge in [0.1, 0.15) is 0 Å². The van der Waals surface area contributed by atoms with Gasteiger partial charge in [-0.2, -0.15) is 0 Å². The lowest BCUT2D eigenvalue weighted by molar-refractivity contribution is 0.655. The molecule has 0 bridgehead atoms. The second-order valence-corrected chi connectivity index (χ2v) is 5.32. The van der Waals surface area contributed by atoms with Crippen LogP contribution in [0.2, 0.25) is 10.0 Å². The number of hydrogen-bond donors (Lipinski definition) is 2. The zero-order valence-corrected chi connectivity index (χ0v) is 12.8. The van der Waals surface area contributed by atoms with E-state index in [2.05, 4.69) is 17.6 Å². The highest BCUT2D eigenvalue weighted by atomic mass is 35.5. The summed E-state index contributed by atoms with van der Waals surface area (Å²) >= 11 is 17.1. The predicted octanol–water partition coefficient (Wildman–Crippen LogP) is 4.86. The Labute approximate surface area is 124 Å². The molecule has 0 spiro atoms. The largest absolute Gasteiger partial charge is 0.362 e. The minimum Gasteiger partial charge on any atom is -0.362 e. The van der Waals surface area contributed by atoms with Crippen LogP contribution >= 0.6 is 35.4 Å². The molecular weight excluding hydrogens is 287 g/mol. The molecule has 2 N–H and O–H groups in total. The van der Waals surface area contributed by atoms with Crippen LogP contribution in [0.5, 0.6) is 0 Å². The molecule has 5 heteroatoms. The van der Waals surface area contributed by atoms with Crippen molar-refractivity contribution < 1.29 is 0 Å². The van der Waals surface area contributed by atoms with Gasteiger partial charge < -0.3 is 10.6 Å². The normalized spacial score (nSPS) is 10.2. The van der Waals surface area contributed by atoms with Crippen molar-refractivity contribution >= 4 is 46.2 Å². The van der Waals surface area contributed by atoms with E-state index in [0.717, 1.165) is 18.7 Å². The molecule has 1 aromatic rings. The van der Waals surface area contributed by atoms with Gasteiger partial charge in [-0.15, -0.1) is 0 Å². The van der Waals surface area contributed by atoms with Gasteiger partial charge in [-0.25, -0.2) is 0 Å². The number of anilines is 1. The molecule has 0 aromatic heterocycles. The molecule has 100 valence electrons. The average Bonchev–Trinajstić information content (AvgIpc) is 2.32. The van der Waals surface area contributed by atoms with Crippen molar-refractivity contribution in [3.8, 4) is 0 Å². The van der Waals surface area contributed by atoms with Crippen molar-refractivity contribution in [2.45, 2.75) is 32.6 Å². The standard InChI is InChI=1S/C13H18Cl2N2S/c1-2-3-4-5-8-16-13(18)17-12-7-6-10(14)9-11(12)15/h6-7,9H,2-5,8H2,1H3,(H2,16,17,18). The van der Waals surface area contributed by atoms with E-state index in [0.29, 0.717) is 15.2 Å². The molecule has 1 rings (SSSR count). The summed E-state index contributed by atoms with van der Waals surface area (Å²) in [6, 6.07) is 5.28. The monoisotopic (exact) mass is 304 g/mol. The molecule has 1 aromatic carbocycles. The zero-order chi connectivity index (χ0) is 13.4. The van der Waals surface area contributed by atoms with Crippen LogP contribution in [0, 0.1) is 0 Å². The zero-order valence-electron chi connectivity index (χ0n) is 10.4. The van der Waals surface area contributed by atoms with Crippen LogP contribution < -0.4 is 10.6 Å². The lowest BCUT2D eigenvalue weighted by Gasteiger charge is -2.11. The van der Waals surface area contributed by atoms with Crippen LogP contribution in [0.3, 0.4) is 0 Å². The van der Waals surface area contributed by atoms with Crippen LogP contribution in [0.4, 0.5) is 5.69 Å². The third-order valence-electron chi connectivity index (χ3n) is 2.50. The van der Waals surface area contributed by atoms with Crippen LogP contribution in [-0.4, -0.2) is 11.7 Å². The maximum atomic E-state index is 6.04. The Hall–Kier alpha value is -0.510. The lowest BCUT2D eigenvalue weighted by atomic mass is 10.2. The summed E-state index contributed by atoms with van der Waals surface area (Å²) in [7, 11) is 0. The van der Waals surface area contributed by atoms with E-state index in [-0.39, 0.29) is 0 Å². The number of hydrogen-bond acceptors (Lipinski definition) is 1. The Morgan fingerprint density at radius 3 is 2.67 bits per heavy atom. The molecule has 18 heavy (non-hydrogen) atoms. The third kappa shape index (κ3) is 5.89. The fraction of sp³-hybridized carbons (Fsp3) is 0.462. The summed E-state index contributed by atoms with van der Waals surface area (Å²) in [5.41, 5.74) is 0.770. The summed E-state index contributed by atoms with van der Waals surface area (Å²) in [6.45, 7) is 3.08. The van der Waals surface area contributed by atoms with E-state index >= 15 is 0 Å². The summed E-state index contributed by atoms with van der Waals surface area (Å²) < 4.78 is 0. The summed E-state index contributed by atoms with van der Waals surface area (Å²) in [4.78, 5) is 0. The van der Waals surface area contributed by atoms with E-state index in [4.69, 9.17) is 35.4 Å². The fourth-order valence-corrected chi connectivity index (χ4v) is 2.18. The van der Waals surface area contributed by atoms with Crippen LogP contribution in [-0.2, 0) is 0 Å². The number of halogens is 2. The van der Waals surface area contributed by atoms with Gasteiger partial charge in [-0.1, -0.05) is 49.4 Å². The minimum atomic E-state index is 0.567. The quantitative estimate of drug-likeness (QED) is 0.580. The van der Waals surface area contributed by atoms with E-state index in [9.17, 15) is 0 Å². The van der Waals surface area contributed by atoms with E-state index in [1.165, 1.54) is 19.3 Å². The molecule has 0 radical (unpaired) electrons. The highest BCUT2D eigenvalue weighted by Crippen LogP contribution is 2.25. The average molecular weight is 305 g/mol. The van der Waals surface area contributed by atoms with Crippen molar-refractivity contribution in [1.82, 2.24) is 5.32 Å². The van der Waals surface area contributed by atoms with Crippen molar-refractivity contribution in [3.63, 3.8) is 0 Å². The molecule has 0 saturated carbocycles. The molecule has 0 atom stereocenters. The Balaban J connectivity index is 2.31. The van der Waals surface area contributed by atoms with Gasteiger partial charge in [0, 0.05) is 11.6 Å². The van der Waals surface area contributed by atoms with Gasteiger partial charge in [-0.05, 0) is 36.8 Å². The first-order valence-corrected chi connectivity index (χ1v) is 7.29. The molecule has 0 amide bonds. The molecule has 0 heterocycles. The Bertz CT molecular complexity index is 397. The van der Waals surface area contributed by atoms with E-state index < -0.39 is 0 Å². The number of benzene rings is 1. The molecular formula is C13H18Cl2N2S. The van der Waals surface area contributed by atoms with Gasteiger partial charge in [-0.3, -0.25) is 0 Å². The van der Waals surface area contributed by atoms with E-state index in [1.807, 2.05) is 6.07 Å². The van der Waals surface area contributed by atoms with Crippen molar-refractivity contribution in [1.29, 1.82) is 0 Å². The van der Waals surface area contributed by atoms with Crippen molar-refractivity contribution in [2.75, 3.05) is 11.9 Å². The molecule has 0 aliphatic carbocycles. The lowest BCUT2D eigenvalue weighted by Crippen LogP contribution is -2.29. The van der Waals surface area contributed by atoms with Gasteiger partial charge in [0.2, 0.25) is 0 Å². The SMILES string of the molecule is CCCCCCNC(=S)Nc1ccc(Cl)cc1Cl. The highest BCUT2D eigenvalue weighted by molar-refractivity contribution is 7.80. The molecule has 0 saturated heterocycles. The number of unbranched alkanes of at least 4 members (excludes halogenated alkanes) is 3. The highest BCUT2D eigenvalue weighted by Gasteiger charge is 2.02. The van der Waals surface area contributed by atoms with Crippen molar-refractivity contribution in [2.24, 2.45) is 0 Å². The number of nitrogens with one attached hydrogen (secondary N) is 2. The fourth-order valence-electron chi connectivity index (χ4n) is 1.51. The predicted molar refractivity (Wildman–Crippen MR) is 84.8 cm³/mol. The summed E-state index contributed by atoms with van der Waals surface area (Å²) in [6.07, 6.45) is 4.87. The Morgan fingerprint density at radius 2 is 2.00 bits per heavy atom. The summed E-state index contributed by atoms with van der Waals surface area (Å²) in [5.74, 6) is 0. The second kappa shape index (κ2) is 8.57. The molecule has 0 aliphatic rings. The van der Waals surface area contributed by atoms with Gasteiger partial charge in [0.25, 0.3) is 0 Å². The smallest absolute Gasteiger partial charge is 0.170 e. The Morgan fingerprint density at radius 1 is 1.22 bits per heavy atom. The molecule has 0 aliphatic heterocycles.